The molecule has 2 atom stereocenters. The zero-order valence-corrected chi connectivity index (χ0v) is 15.2. The van der Waals surface area contributed by atoms with Crippen LogP contribution in [0.5, 0.6) is 0 Å². The van der Waals surface area contributed by atoms with Gasteiger partial charge in [0.15, 0.2) is 5.96 Å². The van der Waals surface area contributed by atoms with Crippen molar-refractivity contribution in [2.24, 2.45) is 16.8 Å². The molecule has 3 rings (SSSR count). The highest BCUT2D eigenvalue weighted by atomic mass is 16.5. The molecule has 3 heterocycles. The van der Waals surface area contributed by atoms with E-state index in [1.807, 2.05) is 18.3 Å². The van der Waals surface area contributed by atoms with E-state index in [1.54, 1.807) is 7.05 Å². The molecule has 0 aliphatic carbocycles. The lowest BCUT2D eigenvalue weighted by Gasteiger charge is -2.21. The van der Waals surface area contributed by atoms with Gasteiger partial charge in [-0.2, -0.15) is 0 Å². The van der Waals surface area contributed by atoms with Gasteiger partial charge in [0.2, 0.25) is 0 Å². The van der Waals surface area contributed by atoms with Gasteiger partial charge in [-0.25, -0.2) is 4.98 Å². The molecule has 0 aromatic carbocycles. The first-order chi connectivity index (χ1) is 12.0. The lowest BCUT2D eigenvalue weighted by molar-refractivity contribution is -0.145. The number of likely N-dealkylation sites (tertiary alicyclic amines) is 1. The lowest BCUT2D eigenvalue weighted by atomic mass is 9.99. The largest absolute Gasteiger partial charge is 0.469 e. The third kappa shape index (κ3) is 3.45. The van der Waals surface area contributed by atoms with Gasteiger partial charge in [0.05, 0.1) is 25.3 Å². The van der Waals surface area contributed by atoms with Crippen molar-refractivity contribution < 1.29 is 9.53 Å². The summed E-state index contributed by atoms with van der Waals surface area (Å²) in [5.74, 6) is 0.763. The van der Waals surface area contributed by atoms with E-state index in [9.17, 15) is 4.79 Å². The van der Waals surface area contributed by atoms with Gasteiger partial charge in [0.25, 0.3) is 0 Å². The van der Waals surface area contributed by atoms with Gasteiger partial charge in [0, 0.05) is 32.0 Å². The zero-order chi connectivity index (χ0) is 18.0. The SMILES string of the molecule is CN=C(NCc1cn2c(C)cccc2n1)N1CC(C)C(C(=O)OC)C1. The molecule has 0 saturated carbocycles. The van der Waals surface area contributed by atoms with E-state index in [1.165, 1.54) is 7.11 Å². The van der Waals surface area contributed by atoms with Crippen LogP contribution < -0.4 is 5.32 Å². The topological polar surface area (TPSA) is 71.2 Å². The average molecular weight is 343 g/mol. The number of nitrogens with zero attached hydrogens (tertiary/aromatic N) is 4. The number of aryl methyl sites for hydroxylation is 1. The molecular weight excluding hydrogens is 318 g/mol. The summed E-state index contributed by atoms with van der Waals surface area (Å²) >= 11 is 0. The molecule has 1 aliphatic heterocycles. The summed E-state index contributed by atoms with van der Waals surface area (Å²) in [5.41, 5.74) is 3.04. The van der Waals surface area contributed by atoms with Crippen LogP contribution in [0.25, 0.3) is 5.65 Å². The quantitative estimate of drug-likeness (QED) is 0.519. The second kappa shape index (κ2) is 7.13. The van der Waals surface area contributed by atoms with Crippen LogP contribution in [0.4, 0.5) is 0 Å². The molecule has 0 spiro atoms. The van der Waals surface area contributed by atoms with Crippen LogP contribution in [0.1, 0.15) is 18.3 Å². The van der Waals surface area contributed by atoms with Crippen molar-refractivity contribution in [3.63, 3.8) is 0 Å². The molecule has 2 aromatic rings. The number of nitrogens with one attached hydrogen (secondary N) is 1. The molecule has 7 heteroatoms. The minimum Gasteiger partial charge on any atom is -0.469 e. The predicted molar refractivity (Wildman–Crippen MR) is 96.4 cm³/mol. The molecule has 0 amide bonds. The Morgan fingerprint density at radius 1 is 1.44 bits per heavy atom. The summed E-state index contributed by atoms with van der Waals surface area (Å²) in [4.78, 5) is 23.0. The van der Waals surface area contributed by atoms with Gasteiger partial charge in [-0.1, -0.05) is 13.0 Å². The molecule has 1 aliphatic rings. The summed E-state index contributed by atoms with van der Waals surface area (Å²) < 4.78 is 6.98. The Bertz CT molecular complexity index is 798. The van der Waals surface area contributed by atoms with Gasteiger partial charge in [-0.05, 0) is 25.0 Å². The van der Waals surface area contributed by atoms with Gasteiger partial charge in [-0.15, -0.1) is 0 Å². The number of carbonyl (C=O) groups is 1. The van der Waals surface area contributed by atoms with Crippen LogP contribution in [0, 0.1) is 18.8 Å². The number of hydrogen-bond donors (Lipinski definition) is 1. The van der Waals surface area contributed by atoms with Crippen LogP contribution >= 0.6 is 0 Å². The Kier molecular flexibility index (Phi) is 4.92. The number of esters is 1. The number of imidazole rings is 1. The van der Waals surface area contributed by atoms with Crippen LogP contribution in [0.15, 0.2) is 29.4 Å². The second-order valence-corrected chi connectivity index (χ2v) is 6.54. The summed E-state index contributed by atoms with van der Waals surface area (Å²) in [6.45, 7) is 6.12. The van der Waals surface area contributed by atoms with E-state index < -0.39 is 0 Å². The standard InChI is InChI=1S/C18H25N5O2/c1-12-9-22(11-15(12)17(24)25-4)18(19-3)20-8-14-10-23-13(2)6-5-7-16(23)21-14/h5-7,10,12,15H,8-9,11H2,1-4H3,(H,19,20). The van der Waals surface area contributed by atoms with Crippen molar-refractivity contribution in [2.45, 2.75) is 20.4 Å². The third-order valence-corrected chi connectivity index (χ3v) is 4.80. The smallest absolute Gasteiger partial charge is 0.310 e. The molecule has 1 saturated heterocycles. The first-order valence-corrected chi connectivity index (χ1v) is 8.50. The number of methoxy groups -OCH3 is 1. The molecule has 2 unspecified atom stereocenters. The average Bonchev–Trinajstić information content (AvgIpc) is 3.19. The maximum atomic E-state index is 11.9. The number of aliphatic imine (C=N–C) groups is 1. The van der Waals surface area contributed by atoms with E-state index >= 15 is 0 Å². The number of hydrogen-bond acceptors (Lipinski definition) is 4. The normalized spacial score (nSPS) is 21.0. The monoisotopic (exact) mass is 343 g/mol. The van der Waals surface area contributed by atoms with E-state index in [-0.39, 0.29) is 17.8 Å². The van der Waals surface area contributed by atoms with Crippen molar-refractivity contribution in [3.8, 4) is 0 Å². The number of ether oxygens (including phenoxy) is 1. The summed E-state index contributed by atoms with van der Waals surface area (Å²) in [7, 11) is 3.20. The van der Waals surface area contributed by atoms with Crippen molar-refractivity contribution in [2.75, 3.05) is 27.2 Å². The summed E-state index contributed by atoms with van der Waals surface area (Å²) in [6, 6.07) is 6.06. The predicted octanol–water partition coefficient (Wildman–Crippen LogP) is 1.46. The van der Waals surface area contributed by atoms with Gasteiger partial charge in [-0.3, -0.25) is 9.79 Å². The van der Waals surface area contributed by atoms with Crippen molar-refractivity contribution in [1.29, 1.82) is 0 Å². The number of pyridine rings is 1. The van der Waals surface area contributed by atoms with E-state index in [2.05, 4.69) is 44.5 Å². The first kappa shape index (κ1) is 17.3. The van der Waals surface area contributed by atoms with Crippen molar-refractivity contribution in [1.82, 2.24) is 19.6 Å². The maximum Gasteiger partial charge on any atom is 0.310 e. The van der Waals surface area contributed by atoms with Gasteiger partial charge < -0.3 is 19.4 Å². The Balaban J connectivity index is 1.66. The molecule has 7 nitrogen and oxygen atoms in total. The molecule has 25 heavy (non-hydrogen) atoms. The molecule has 134 valence electrons. The van der Waals surface area contributed by atoms with Crippen LogP contribution in [0.3, 0.4) is 0 Å². The number of guanidine groups is 1. The Morgan fingerprint density at radius 2 is 2.24 bits per heavy atom. The minimum absolute atomic E-state index is 0.110. The second-order valence-electron chi connectivity index (χ2n) is 6.54. The fraction of sp³-hybridized carbons (Fsp3) is 0.500. The molecule has 0 radical (unpaired) electrons. The fourth-order valence-corrected chi connectivity index (χ4v) is 3.38. The number of aromatic nitrogens is 2. The number of carbonyl (C=O) groups excluding carboxylic acids is 1. The van der Waals surface area contributed by atoms with Gasteiger partial charge >= 0.3 is 5.97 Å². The number of fused-ring (bicyclic) bond motifs is 1. The zero-order valence-electron chi connectivity index (χ0n) is 15.2. The van der Waals surface area contributed by atoms with Crippen molar-refractivity contribution in [3.05, 3.63) is 35.8 Å². The lowest BCUT2D eigenvalue weighted by Crippen LogP contribution is -2.40. The van der Waals surface area contributed by atoms with Crippen LogP contribution in [-0.4, -0.2) is 53.5 Å². The highest BCUT2D eigenvalue weighted by Crippen LogP contribution is 2.24. The number of rotatable bonds is 3. The summed E-state index contributed by atoms with van der Waals surface area (Å²) in [6.07, 6.45) is 2.04. The Morgan fingerprint density at radius 3 is 2.92 bits per heavy atom. The minimum atomic E-state index is -0.152. The molecule has 2 aromatic heterocycles. The molecule has 0 bridgehead atoms. The highest BCUT2D eigenvalue weighted by molar-refractivity contribution is 5.82. The molecule has 1 fully saturated rings. The van der Waals surface area contributed by atoms with Crippen LogP contribution in [-0.2, 0) is 16.1 Å². The molecule has 1 N–H and O–H groups in total. The highest BCUT2D eigenvalue weighted by Gasteiger charge is 2.36. The fourth-order valence-electron chi connectivity index (χ4n) is 3.38. The third-order valence-electron chi connectivity index (χ3n) is 4.80. The molecular formula is C18H25N5O2. The van der Waals surface area contributed by atoms with E-state index in [0.29, 0.717) is 13.1 Å². The Hall–Kier alpha value is -2.57. The van der Waals surface area contributed by atoms with Gasteiger partial charge in [0.1, 0.15) is 5.65 Å². The van der Waals surface area contributed by atoms with E-state index in [0.717, 1.165) is 29.5 Å². The van der Waals surface area contributed by atoms with E-state index in [4.69, 9.17) is 4.74 Å². The van der Waals surface area contributed by atoms with Crippen molar-refractivity contribution >= 4 is 17.6 Å². The maximum absolute atomic E-state index is 11.9. The first-order valence-electron chi connectivity index (χ1n) is 8.50. The van der Waals surface area contributed by atoms with Crippen LogP contribution in [0.2, 0.25) is 0 Å². The summed E-state index contributed by atoms with van der Waals surface area (Å²) in [5, 5.41) is 3.35. The Labute approximate surface area is 147 Å².